The molecule has 0 saturated carbocycles. The van der Waals surface area contributed by atoms with Crippen LogP contribution in [0.1, 0.15) is 13.8 Å². The topological polar surface area (TPSA) is 79.9 Å². The number of fused-ring (bicyclic) bond motifs is 1. The van der Waals surface area contributed by atoms with Crippen LogP contribution in [0.2, 0.25) is 0 Å². The standard InChI is InChI=1S/C10H12N4O2/c1-6(2)13-7-3-4-8(14(15)16)10-9(7)11-5-12-10/h3-4,6,13H,5H2,1-2H3. The molecule has 1 heterocycles. The van der Waals surface area contributed by atoms with E-state index in [1.54, 1.807) is 6.07 Å². The van der Waals surface area contributed by atoms with Gasteiger partial charge in [0.25, 0.3) is 5.69 Å². The molecule has 1 aromatic rings. The van der Waals surface area contributed by atoms with Gasteiger partial charge >= 0.3 is 0 Å². The van der Waals surface area contributed by atoms with E-state index in [2.05, 4.69) is 15.3 Å². The van der Waals surface area contributed by atoms with Crippen LogP contribution in [0, 0.1) is 10.1 Å². The average molecular weight is 220 g/mol. The molecule has 0 saturated heterocycles. The number of nitrogens with one attached hydrogen (secondary N) is 1. The highest BCUT2D eigenvalue weighted by molar-refractivity contribution is 5.48. The van der Waals surface area contributed by atoms with E-state index < -0.39 is 4.92 Å². The summed E-state index contributed by atoms with van der Waals surface area (Å²) in [5, 5.41) is 15.0. The van der Waals surface area contributed by atoms with Gasteiger partial charge in [0.1, 0.15) is 12.0 Å². The van der Waals surface area contributed by atoms with Crippen molar-refractivity contribution in [3.8, 4) is 0 Å². The molecule has 16 heavy (non-hydrogen) atoms. The number of hydrogen-bond acceptors (Lipinski definition) is 5. The number of nitro groups is 1. The van der Waals surface area contributed by atoms with Gasteiger partial charge < -0.3 is 5.32 Å². The van der Waals surface area contributed by atoms with Crippen LogP contribution in [0.5, 0.6) is 0 Å². The number of benzene rings is 1. The third kappa shape index (κ3) is 1.73. The Morgan fingerprint density at radius 1 is 1.38 bits per heavy atom. The molecular weight excluding hydrogens is 208 g/mol. The molecule has 0 amide bonds. The molecule has 1 aliphatic rings. The van der Waals surface area contributed by atoms with Gasteiger partial charge in [-0.25, -0.2) is 0 Å². The fourth-order valence-corrected chi connectivity index (χ4v) is 1.64. The summed E-state index contributed by atoms with van der Waals surface area (Å²) in [5.74, 6) is 0. The fraction of sp³-hybridized carbons (Fsp3) is 0.400. The zero-order valence-corrected chi connectivity index (χ0v) is 9.10. The minimum absolute atomic E-state index is 0.0190. The highest BCUT2D eigenvalue weighted by Crippen LogP contribution is 2.08. The van der Waals surface area contributed by atoms with E-state index in [1.807, 2.05) is 13.8 Å². The van der Waals surface area contributed by atoms with Crippen molar-refractivity contribution in [1.82, 2.24) is 0 Å². The summed E-state index contributed by atoms with van der Waals surface area (Å²) in [6, 6.07) is 3.40. The minimum Gasteiger partial charge on any atom is -0.381 e. The van der Waals surface area contributed by atoms with Crippen LogP contribution < -0.4 is 16.0 Å². The van der Waals surface area contributed by atoms with Gasteiger partial charge in [-0.15, -0.1) is 0 Å². The van der Waals surface area contributed by atoms with E-state index in [4.69, 9.17) is 0 Å². The molecule has 0 bridgehead atoms. The summed E-state index contributed by atoms with van der Waals surface area (Å²) < 4.78 is 0. The molecule has 0 aliphatic carbocycles. The Morgan fingerprint density at radius 2 is 2.06 bits per heavy atom. The highest BCUT2D eigenvalue weighted by atomic mass is 16.6. The molecular formula is C10H12N4O2. The van der Waals surface area contributed by atoms with Crippen LogP contribution in [0.3, 0.4) is 0 Å². The van der Waals surface area contributed by atoms with Crippen LogP contribution in [-0.4, -0.2) is 17.6 Å². The number of non-ortho nitro benzene ring substituents is 1. The van der Waals surface area contributed by atoms with E-state index in [-0.39, 0.29) is 18.4 Å². The lowest BCUT2D eigenvalue weighted by Gasteiger charge is -2.09. The zero-order chi connectivity index (χ0) is 11.7. The Morgan fingerprint density at radius 3 is 2.69 bits per heavy atom. The molecule has 1 aliphatic heterocycles. The van der Waals surface area contributed by atoms with Crippen LogP contribution in [0.15, 0.2) is 22.1 Å². The summed E-state index contributed by atoms with van der Waals surface area (Å²) in [4.78, 5) is 18.6. The van der Waals surface area contributed by atoms with Crippen molar-refractivity contribution in [1.29, 1.82) is 0 Å². The Balaban J connectivity index is 2.60. The lowest BCUT2D eigenvalue weighted by atomic mass is 10.2. The Kier molecular flexibility index (Phi) is 2.55. The first kappa shape index (κ1) is 10.5. The normalized spacial score (nSPS) is 12.9. The summed E-state index contributed by atoms with van der Waals surface area (Å²) in [5.41, 5.74) is 0.822. The van der Waals surface area contributed by atoms with Crippen molar-refractivity contribution in [2.24, 2.45) is 9.98 Å². The monoisotopic (exact) mass is 220 g/mol. The van der Waals surface area contributed by atoms with Gasteiger partial charge in [0.2, 0.25) is 0 Å². The third-order valence-electron chi connectivity index (χ3n) is 2.23. The Labute approximate surface area is 91.9 Å². The molecule has 0 fully saturated rings. The van der Waals surface area contributed by atoms with E-state index in [1.165, 1.54) is 6.07 Å². The maximum absolute atomic E-state index is 10.8. The number of anilines is 1. The molecule has 0 atom stereocenters. The summed E-state index contributed by atoms with van der Waals surface area (Å²) in [7, 11) is 0. The second kappa shape index (κ2) is 3.88. The first-order valence-corrected chi connectivity index (χ1v) is 5.02. The molecule has 1 aromatic carbocycles. The Bertz CT molecular complexity index is 551. The molecule has 1 N–H and O–H groups in total. The SMILES string of the molecule is CC(C)Nc1ccc([N+](=O)[O-])c2c1=NCN=2. The van der Waals surface area contributed by atoms with Crippen molar-refractivity contribution in [2.75, 3.05) is 12.0 Å². The molecule has 2 rings (SSSR count). The average Bonchev–Trinajstić information content (AvgIpc) is 2.65. The highest BCUT2D eigenvalue weighted by Gasteiger charge is 2.16. The minimum atomic E-state index is -0.428. The Hall–Kier alpha value is -1.98. The van der Waals surface area contributed by atoms with Gasteiger partial charge in [-0.3, -0.25) is 20.1 Å². The van der Waals surface area contributed by atoms with Crippen molar-refractivity contribution in [2.45, 2.75) is 19.9 Å². The molecule has 6 nitrogen and oxygen atoms in total. The van der Waals surface area contributed by atoms with Crippen LogP contribution in [0.25, 0.3) is 0 Å². The molecule has 0 unspecified atom stereocenters. The van der Waals surface area contributed by atoms with Crippen molar-refractivity contribution >= 4 is 11.4 Å². The van der Waals surface area contributed by atoms with Gasteiger partial charge in [0.15, 0.2) is 5.36 Å². The molecule has 0 aromatic heterocycles. The van der Waals surface area contributed by atoms with E-state index in [0.29, 0.717) is 10.7 Å². The first-order chi connectivity index (χ1) is 7.59. The summed E-state index contributed by atoms with van der Waals surface area (Å²) >= 11 is 0. The lowest BCUT2D eigenvalue weighted by molar-refractivity contribution is -0.386. The zero-order valence-electron chi connectivity index (χ0n) is 9.10. The smallest absolute Gasteiger partial charge is 0.296 e. The van der Waals surface area contributed by atoms with Crippen molar-refractivity contribution in [3.05, 3.63) is 33.0 Å². The van der Waals surface area contributed by atoms with Crippen molar-refractivity contribution in [3.63, 3.8) is 0 Å². The summed E-state index contributed by atoms with van der Waals surface area (Å²) in [6.45, 7) is 4.27. The van der Waals surface area contributed by atoms with E-state index in [9.17, 15) is 10.1 Å². The van der Waals surface area contributed by atoms with Crippen LogP contribution in [0.4, 0.5) is 11.4 Å². The number of nitro benzene ring substituents is 1. The van der Waals surface area contributed by atoms with Gasteiger partial charge in [-0.2, -0.15) is 0 Å². The van der Waals surface area contributed by atoms with Gasteiger partial charge in [-0.05, 0) is 19.9 Å². The lowest BCUT2D eigenvalue weighted by Crippen LogP contribution is -2.29. The molecule has 0 spiro atoms. The van der Waals surface area contributed by atoms with Crippen molar-refractivity contribution < 1.29 is 4.92 Å². The molecule has 84 valence electrons. The van der Waals surface area contributed by atoms with E-state index in [0.717, 1.165) is 5.69 Å². The predicted octanol–water partition coefficient (Wildman–Crippen LogP) is 0.625. The molecule has 6 heteroatoms. The maximum atomic E-state index is 10.8. The number of rotatable bonds is 3. The number of nitrogens with zero attached hydrogens (tertiary/aromatic N) is 3. The second-order valence-electron chi connectivity index (χ2n) is 3.84. The first-order valence-electron chi connectivity index (χ1n) is 5.02. The third-order valence-corrected chi connectivity index (χ3v) is 2.23. The van der Waals surface area contributed by atoms with Gasteiger partial charge in [0.05, 0.1) is 10.6 Å². The van der Waals surface area contributed by atoms with E-state index >= 15 is 0 Å². The van der Waals surface area contributed by atoms with Crippen LogP contribution in [-0.2, 0) is 0 Å². The fourth-order valence-electron chi connectivity index (χ4n) is 1.64. The maximum Gasteiger partial charge on any atom is 0.296 e. The quantitative estimate of drug-likeness (QED) is 0.599. The van der Waals surface area contributed by atoms with Gasteiger partial charge in [-0.1, -0.05) is 0 Å². The van der Waals surface area contributed by atoms with Gasteiger partial charge in [0, 0.05) is 12.1 Å². The molecule has 0 radical (unpaired) electrons. The van der Waals surface area contributed by atoms with Crippen LogP contribution >= 0.6 is 0 Å². The number of hydrogen-bond donors (Lipinski definition) is 1. The second-order valence-corrected chi connectivity index (χ2v) is 3.84. The summed E-state index contributed by atoms with van der Waals surface area (Å²) in [6.07, 6.45) is 0. The predicted molar refractivity (Wildman–Crippen MR) is 59.0 cm³/mol. The largest absolute Gasteiger partial charge is 0.381 e.